The molecule has 7 nitrogen and oxygen atoms in total. The molecule has 0 fully saturated rings. The number of nitrogens with zero attached hydrogens (tertiary/aromatic N) is 1. The Morgan fingerprint density at radius 2 is 2.35 bits per heavy atom. The van der Waals surface area contributed by atoms with Crippen molar-refractivity contribution >= 4 is 17.0 Å². The van der Waals surface area contributed by atoms with Gasteiger partial charge in [-0.25, -0.2) is 4.98 Å². The SMILES string of the molecule is Cc1oc2nc[nH]c(=O)c2c1C(=O)NC(C)CCCO. The van der Waals surface area contributed by atoms with Gasteiger partial charge in [0.25, 0.3) is 11.5 Å². The van der Waals surface area contributed by atoms with Crippen LogP contribution in [0, 0.1) is 6.92 Å². The third-order valence-electron chi connectivity index (χ3n) is 3.07. The number of rotatable bonds is 5. The minimum atomic E-state index is -0.403. The van der Waals surface area contributed by atoms with E-state index in [2.05, 4.69) is 15.3 Å². The Morgan fingerprint density at radius 3 is 3.05 bits per heavy atom. The third kappa shape index (κ3) is 2.72. The lowest BCUT2D eigenvalue weighted by atomic mass is 10.1. The molecule has 0 aromatic carbocycles. The van der Waals surface area contributed by atoms with Gasteiger partial charge in [0.2, 0.25) is 5.71 Å². The summed E-state index contributed by atoms with van der Waals surface area (Å²) in [6.07, 6.45) is 2.50. The highest BCUT2D eigenvalue weighted by molar-refractivity contribution is 6.06. The molecule has 0 aliphatic rings. The number of aromatic amines is 1. The van der Waals surface area contributed by atoms with Gasteiger partial charge in [0, 0.05) is 12.6 Å². The molecule has 0 aliphatic heterocycles. The number of carbonyl (C=O) groups excluding carboxylic acids is 1. The molecule has 0 aliphatic carbocycles. The molecule has 2 rings (SSSR count). The molecule has 0 spiro atoms. The summed E-state index contributed by atoms with van der Waals surface area (Å²) in [6.45, 7) is 3.54. The Bertz CT molecular complexity index is 674. The van der Waals surface area contributed by atoms with Crippen LogP contribution in [0.4, 0.5) is 0 Å². The largest absolute Gasteiger partial charge is 0.442 e. The van der Waals surface area contributed by atoms with E-state index in [-0.39, 0.29) is 35.2 Å². The molecular formula is C13H17N3O4. The molecule has 0 radical (unpaired) electrons. The van der Waals surface area contributed by atoms with E-state index in [9.17, 15) is 9.59 Å². The lowest BCUT2D eigenvalue weighted by Crippen LogP contribution is -2.33. The molecule has 1 unspecified atom stereocenters. The molecule has 3 N–H and O–H groups in total. The Kier molecular flexibility index (Phi) is 4.19. The molecule has 0 saturated carbocycles. The maximum atomic E-state index is 12.3. The second-order valence-corrected chi connectivity index (χ2v) is 4.69. The fourth-order valence-electron chi connectivity index (χ4n) is 2.09. The topological polar surface area (TPSA) is 108 Å². The highest BCUT2D eigenvalue weighted by Crippen LogP contribution is 2.20. The number of fused-ring (bicyclic) bond motifs is 1. The van der Waals surface area contributed by atoms with Crippen LogP contribution in [0.5, 0.6) is 0 Å². The highest BCUT2D eigenvalue weighted by Gasteiger charge is 2.22. The summed E-state index contributed by atoms with van der Waals surface area (Å²) in [6, 6.07) is -0.102. The van der Waals surface area contributed by atoms with Gasteiger partial charge in [0.05, 0.1) is 11.9 Å². The van der Waals surface area contributed by atoms with Crippen molar-refractivity contribution in [3.8, 4) is 0 Å². The van der Waals surface area contributed by atoms with Crippen molar-refractivity contribution in [1.82, 2.24) is 15.3 Å². The molecule has 2 aromatic rings. The van der Waals surface area contributed by atoms with Crippen LogP contribution in [0.2, 0.25) is 0 Å². The van der Waals surface area contributed by atoms with Crippen LogP contribution in [0.25, 0.3) is 11.1 Å². The first kappa shape index (κ1) is 14.3. The van der Waals surface area contributed by atoms with Crippen molar-refractivity contribution in [2.45, 2.75) is 32.7 Å². The quantitative estimate of drug-likeness (QED) is 0.747. The first-order valence-corrected chi connectivity index (χ1v) is 6.43. The number of hydrogen-bond donors (Lipinski definition) is 3. The summed E-state index contributed by atoms with van der Waals surface area (Å²) < 4.78 is 5.33. The molecule has 1 amide bonds. The third-order valence-corrected chi connectivity index (χ3v) is 3.07. The summed E-state index contributed by atoms with van der Waals surface area (Å²) in [7, 11) is 0. The van der Waals surface area contributed by atoms with Gasteiger partial charge in [-0.15, -0.1) is 0 Å². The van der Waals surface area contributed by atoms with Gasteiger partial charge in [-0.1, -0.05) is 0 Å². The Hall–Kier alpha value is -2.15. The number of aromatic nitrogens is 2. The smallest absolute Gasteiger partial charge is 0.262 e. The van der Waals surface area contributed by atoms with Crippen LogP contribution < -0.4 is 10.9 Å². The second kappa shape index (κ2) is 5.87. The van der Waals surface area contributed by atoms with Gasteiger partial charge < -0.3 is 19.8 Å². The van der Waals surface area contributed by atoms with Gasteiger partial charge in [-0.05, 0) is 26.7 Å². The van der Waals surface area contributed by atoms with Gasteiger partial charge in [0.1, 0.15) is 11.1 Å². The Labute approximate surface area is 115 Å². The number of H-pyrrole nitrogens is 1. The lowest BCUT2D eigenvalue weighted by molar-refractivity contribution is 0.0936. The zero-order chi connectivity index (χ0) is 14.7. The number of carbonyl (C=O) groups is 1. The van der Waals surface area contributed by atoms with Crippen molar-refractivity contribution in [3.05, 3.63) is 28.0 Å². The maximum Gasteiger partial charge on any atom is 0.262 e. The van der Waals surface area contributed by atoms with E-state index in [0.717, 1.165) is 0 Å². The zero-order valence-electron chi connectivity index (χ0n) is 11.4. The van der Waals surface area contributed by atoms with Crippen LogP contribution in [0.1, 0.15) is 35.9 Å². The van der Waals surface area contributed by atoms with E-state index in [4.69, 9.17) is 9.52 Å². The monoisotopic (exact) mass is 279 g/mol. The number of furan rings is 1. The van der Waals surface area contributed by atoms with Crippen molar-refractivity contribution in [2.75, 3.05) is 6.61 Å². The average Bonchev–Trinajstić information content (AvgIpc) is 2.74. The first-order chi connectivity index (χ1) is 9.54. The van der Waals surface area contributed by atoms with Crippen LogP contribution in [0.15, 0.2) is 15.5 Å². The standard InChI is InChI=1S/C13H17N3O4/c1-7(4-3-5-17)16-12(19)9-8(2)20-13-10(9)11(18)14-6-15-13/h6-7,17H,3-5H2,1-2H3,(H,16,19)(H,14,15,18). The molecule has 1 atom stereocenters. The number of aryl methyl sites for hydroxylation is 1. The van der Waals surface area contributed by atoms with Crippen molar-refractivity contribution < 1.29 is 14.3 Å². The van der Waals surface area contributed by atoms with E-state index < -0.39 is 5.56 Å². The number of aliphatic hydroxyl groups excluding tert-OH is 1. The molecule has 7 heteroatoms. The maximum absolute atomic E-state index is 12.3. The van der Waals surface area contributed by atoms with Crippen molar-refractivity contribution in [2.24, 2.45) is 0 Å². The zero-order valence-corrected chi connectivity index (χ0v) is 11.4. The average molecular weight is 279 g/mol. The van der Waals surface area contributed by atoms with Crippen molar-refractivity contribution in [1.29, 1.82) is 0 Å². The molecule has 2 heterocycles. The fraction of sp³-hybridized carbons (Fsp3) is 0.462. The molecule has 0 saturated heterocycles. The molecule has 0 bridgehead atoms. The van der Waals surface area contributed by atoms with Gasteiger partial charge >= 0.3 is 0 Å². The van der Waals surface area contributed by atoms with E-state index in [1.807, 2.05) is 6.92 Å². The summed E-state index contributed by atoms with van der Waals surface area (Å²) in [4.78, 5) is 30.4. The summed E-state index contributed by atoms with van der Waals surface area (Å²) >= 11 is 0. The highest BCUT2D eigenvalue weighted by atomic mass is 16.3. The van der Waals surface area contributed by atoms with E-state index >= 15 is 0 Å². The van der Waals surface area contributed by atoms with E-state index in [1.54, 1.807) is 6.92 Å². The number of amides is 1. The summed E-state index contributed by atoms with van der Waals surface area (Å²) in [5.41, 5.74) is -0.0374. The number of nitrogens with one attached hydrogen (secondary N) is 2. The summed E-state index contributed by atoms with van der Waals surface area (Å²) in [5, 5.41) is 11.7. The Morgan fingerprint density at radius 1 is 1.60 bits per heavy atom. The van der Waals surface area contributed by atoms with Gasteiger partial charge in [-0.2, -0.15) is 0 Å². The lowest BCUT2D eigenvalue weighted by Gasteiger charge is -2.12. The van der Waals surface area contributed by atoms with Gasteiger partial charge in [-0.3, -0.25) is 9.59 Å². The Balaban J connectivity index is 2.31. The van der Waals surface area contributed by atoms with Crippen molar-refractivity contribution in [3.63, 3.8) is 0 Å². The molecule has 20 heavy (non-hydrogen) atoms. The van der Waals surface area contributed by atoms with Crippen LogP contribution in [-0.4, -0.2) is 33.6 Å². The second-order valence-electron chi connectivity index (χ2n) is 4.69. The first-order valence-electron chi connectivity index (χ1n) is 6.43. The minimum absolute atomic E-state index is 0.0808. The number of hydrogen-bond acceptors (Lipinski definition) is 5. The van der Waals surface area contributed by atoms with Crippen LogP contribution in [0.3, 0.4) is 0 Å². The predicted octanol–water partition coefficient (Wildman–Crippen LogP) is 0.715. The van der Waals surface area contributed by atoms with E-state index in [1.165, 1.54) is 6.33 Å². The van der Waals surface area contributed by atoms with Crippen LogP contribution in [-0.2, 0) is 0 Å². The molecular weight excluding hydrogens is 262 g/mol. The summed E-state index contributed by atoms with van der Waals surface area (Å²) in [5.74, 6) is -0.0127. The normalized spacial score (nSPS) is 12.6. The fourth-order valence-corrected chi connectivity index (χ4v) is 2.09. The molecule has 2 aromatic heterocycles. The van der Waals surface area contributed by atoms with E-state index in [0.29, 0.717) is 18.6 Å². The van der Waals surface area contributed by atoms with Gasteiger partial charge in [0.15, 0.2) is 0 Å². The number of aliphatic hydroxyl groups is 1. The minimum Gasteiger partial charge on any atom is -0.442 e. The predicted molar refractivity (Wildman–Crippen MR) is 72.6 cm³/mol. The molecule has 108 valence electrons. The van der Waals surface area contributed by atoms with Crippen LogP contribution >= 0.6 is 0 Å².